The lowest BCUT2D eigenvalue weighted by Crippen LogP contribution is -2.34. The molecule has 0 saturated heterocycles. The van der Waals surface area contributed by atoms with E-state index in [-0.39, 0.29) is 11.8 Å². The third-order valence-corrected chi connectivity index (χ3v) is 9.16. The predicted molar refractivity (Wildman–Crippen MR) is 166 cm³/mol. The minimum atomic E-state index is -0.0535. The van der Waals surface area contributed by atoms with Crippen LogP contribution in [0.2, 0.25) is 0 Å². The maximum absolute atomic E-state index is 14.2. The van der Waals surface area contributed by atoms with Crippen LogP contribution in [0.4, 0.5) is 11.4 Å². The number of benzene rings is 2. The van der Waals surface area contributed by atoms with Crippen LogP contribution in [-0.4, -0.2) is 24.9 Å². The molecule has 4 nitrogen and oxygen atoms in total. The summed E-state index contributed by atoms with van der Waals surface area (Å²) in [5.74, 6) is 0.756. The van der Waals surface area contributed by atoms with Crippen molar-refractivity contribution in [3.63, 3.8) is 0 Å². The Morgan fingerprint density at radius 1 is 0.658 bits per heavy atom. The van der Waals surface area contributed by atoms with Crippen LogP contribution in [0.5, 0.6) is 0 Å². The maximum Gasteiger partial charge on any atom is 0.259 e. The number of amides is 2. The van der Waals surface area contributed by atoms with Crippen molar-refractivity contribution in [2.75, 3.05) is 22.9 Å². The standard InChI is InChI=1S/C32H40Br2N2O2/c1-5-9-11-21(7-3)19-35-27-15-13-23(33)17-25(27)29(31(35)37)30-26-18-24(34)14-16-28(26)36(32(30)38)20-22(8-4)12-10-6-2/h13-18,21-22H,5-12,19-20H2,1-4H3/b30-29-. The van der Waals surface area contributed by atoms with Crippen LogP contribution < -0.4 is 9.80 Å². The van der Waals surface area contributed by atoms with Crippen LogP contribution in [0.15, 0.2) is 45.3 Å². The van der Waals surface area contributed by atoms with Crippen LogP contribution in [0.1, 0.15) is 90.2 Å². The second-order valence-corrected chi connectivity index (χ2v) is 12.6. The summed E-state index contributed by atoms with van der Waals surface area (Å²) in [4.78, 5) is 32.3. The van der Waals surface area contributed by atoms with Gasteiger partial charge in [0.15, 0.2) is 0 Å². The van der Waals surface area contributed by atoms with Gasteiger partial charge in [-0.3, -0.25) is 9.59 Å². The smallest absolute Gasteiger partial charge is 0.259 e. The number of anilines is 2. The number of halogens is 2. The van der Waals surface area contributed by atoms with Crippen molar-refractivity contribution in [3.05, 3.63) is 56.5 Å². The summed E-state index contributed by atoms with van der Waals surface area (Å²) in [6.07, 6.45) is 8.88. The lowest BCUT2D eigenvalue weighted by atomic mass is 9.96. The first kappa shape index (κ1) is 29.1. The summed E-state index contributed by atoms with van der Waals surface area (Å²) in [6, 6.07) is 12.0. The van der Waals surface area contributed by atoms with E-state index < -0.39 is 0 Å². The summed E-state index contributed by atoms with van der Waals surface area (Å²) >= 11 is 7.24. The van der Waals surface area contributed by atoms with E-state index in [0.717, 1.165) is 82.8 Å². The predicted octanol–water partition coefficient (Wildman–Crippen LogP) is 9.25. The SMILES string of the molecule is CCCCC(CC)CN1C(=O)/C(=C2\C(=O)N(CC(CC)CCCC)c3ccc(Br)cc32)c2cc(Br)ccc21. The highest BCUT2D eigenvalue weighted by Crippen LogP contribution is 2.48. The molecule has 2 atom stereocenters. The first-order chi connectivity index (χ1) is 18.3. The number of hydrogen-bond acceptors (Lipinski definition) is 2. The van der Waals surface area contributed by atoms with Gasteiger partial charge in [-0.05, 0) is 61.1 Å². The van der Waals surface area contributed by atoms with Crippen LogP contribution in [0, 0.1) is 11.8 Å². The number of carbonyl (C=O) groups is 2. The Kier molecular flexibility index (Phi) is 9.91. The zero-order chi connectivity index (χ0) is 27.4. The zero-order valence-electron chi connectivity index (χ0n) is 23.2. The van der Waals surface area contributed by atoms with E-state index in [4.69, 9.17) is 0 Å². The van der Waals surface area contributed by atoms with Gasteiger partial charge in [0.1, 0.15) is 0 Å². The van der Waals surface area contributed by atoms with Crippen molar-refractivity contribution in [1.82, 2.24) is 0 Å². The lowest BCUT2D eigenvalue weighted by Gasteiger charge is -2.24. The first-order valence-electron chi connectivity index (χ1n) is 14.3. The summed E-state index contributed by atoms with van der Waals surface area (Å²) in [5.41, 5.74) is 4.61. The molecule has 2 unspecified atom stereocenters. The molecule has 0 bridgehead atoms. The quantitative estimate of drug-likeness (QED) is 0.216. The monoisotopic (exact) mass is 642 g/mol. The fourth-order valence-corrected chi connectivity index (χ4v) is 6.53. The van der Waals surface area contributed by atoms with Gasteiger partial charge >= 0.3 is 0 Å². The molecule has 0 radical (unpaired) electrons. The van der Waals surface area contributed by atoms with E-state index in [1.165, 1.54) is 0 Å². The fourth-order valence-electron chi connectivity index (χ4n) is 5.80. The van der Waals surface area contributed by atoms with Crippen molar-refractivity contribution < 1.29 is 9.59 Å². The highest BCUT2D eigenvalue weighted by molar-refractivity contribution is 9.10. The Morgan fingerprint density at radius 3 is 1.39 bits per heavy atom. The lowest BCUT2D eigenvalue weighted by molar-refractivity contribution is -0.114. The Hall–Kier alpha value is -1.92. The van der Waals surface area contributed by atoms with Gasteiger partial charge in [-0.25, -0.2) is 0 Å². The number of hydrogen-bond donors (Lipinski definition) is 0. The van der Waals surface area contributed by atoms with Crippen LogP contribution in [-0.2, 0) is 9.59 Å². The fraction of sp³-hybridized carbons (Fsp3) is 0.500. The average molecular weight is 644 g/mol. The van der Waals surface area contributed by atoms with Crippen molar-refractivity contribution in [2.45, 2.75) is 79.1 Å². The topological polar surface area (TPSA) is 40.6 Å². The molecule has 0 aromatic heterocycles. The minimum absolute atomic E-state index is 0.0535. The molecule has 2 aliphatic rings. The molecule has 2 amide bonds. The Morgan fingerprint density at radius 2 is 1.05 bits per heavy atom. The third kappa shape index (κ3) is 5.82. The highest BCUT2D eigenvalue weighted by atomic mass is 79.9. The van der Waals surface area contributed by atoms with Gasteiger partial charge in [0.2, 0.25) is 0 Å². The normalized spacial score (nSPS) is 18.3. The van der Waals surface area contributed by atoms with Crippen LogP contribution in [0.25, 0.3) is 11.1 Å². The van der Waals surface area contributed by atoms with E-state index in [9.17, 15) is 9.59 Å². The second kappa shape index (κ2) is 13.0. The number of fused-ring (bicyclic) bond motifs is 2. The molecular weight excluding hydrogens is 604 g/mol. The number of rotatable bonds is 12. The molecule has 2 aromatic rings. The van der Waals surface area contributed by atoms with E-state index in [1.807, 2.05) is 46.2 Å². The zero-order valence-corrected chi connectivity index (χ0v) is 26.3. The van der Waals surface area contributed by atoms with Gasteiger partial charge in [-0.2, -0.15) is 0 Å². The molecule has 0 N–H and O–H groups in total. The van der Waals surface area contributed by atoms with Gasteiger partial charge in [0, 0.05) is 33.2 Å². The van der Waals surface area contributed by atoms with E-state index in [2.05, 4.69) is 59.6 Å². The van der Waals surface area contributed by atoms with Crippen molar-refractivity contribution in [2.24, 2.45) is 11.8 Å². The summed E-state index contributed by atoms with van der Waals surface area (Å²) < 4.78 is 1.81. The molecule has 2 heterocycles. The average Bonchev–Trinajstić information content (AvgIpc) is 3.32. The van der Waals surface area contributed by atoms with E-state index in [0.29, 0.717) is 36.1 Å². The molecule has 2 aliphatic heterocycles. The summed E-state index contributed by atoms with van der Waals surface area (Å²) in [7, 11) is 0. The molecule has 6 heteroatoms. The van der Waals surface area contributed by atoms with Gasteiger partial charge in [0.25, 0.3) is 11.8 Å². The summed E-state index contributed by atoms with van der Waals surface area (Å²) in [6.45, 7) is 10.2. The molecule has 2 aromatic carbocycles. The first-order valence-corrected chi connectivity index (χ1v) is 15.9. The molecule has 0 aliphatic carbocycles. The second-order valence-electron chi connectivity index (χ2n) is 10.7. The van der Waals surface area contributed by atoms with Gasteiger partial charge in [-0.15, -0.1) is 0 Å². The van der Waals surface area contributed by atoms with Gasteiger partial charge in [-0.1, -0.05) is 98.1 Å². The van der Waals surface area contributed by atoms with Gasteiger partial charge in [0.05, 0.1) is 22.5 Å². The number of carbonyl (C=O) groups excluding carboxylic acids is 2. The summed E-state index contributed by atoms with van der Waals surface area (Å²) in [5, 5.41) is 0. The molecule has 0 fully saturated rings. The number of unbranched alkanes of at least 4 members (excludes halogenated alkanes) is 2. The van der Waals surface area contributed by atoms with Crippen molar-refractivity contribution in [3.8, 4) is 0 Å². The molecule has 38 heavy (non-hydrogen) atoms. The van der Waals surface area contributed by atoms with Gasteiger partial charge < -0.3 is 9.80 Å². The minimum Gasteiger partial charge on any atom is -0.307 e. The van der Waals surface area contributed by atoms with E-state index in [1.54, 1.807) is 0 Å². The highest BCUT2D eigenvalue weighted by Gasteiger charge is 2.43. The van der Waals surface area contributed by atoms with E-state index >= 15 is 0 Å². The Bertz CT molecular complexity index is 1130. The maximum atomic E-state index is 14.2. The number of nitrogens with zero attached hydrogens (tertiary/aromatic N) is 2. The Balaban J connectivity index is 1.82. The largest absolute Gasteiger partial charge is 0.307 e. The Labute approximate surface area is 245 Å². The molecule has 204 valence electrons. The van der Waals surface area contributed by atoms with Crippen LogP contribution >= 0.6 is 31.9 Å². The molecular formula is C32H40Br2N2O2. The third-order valence-electron chi connectivity index (χ3n) is 8.17. The van der Waals surface area contributed by atoms with Crippen molar-refractivity contribution in [1.29, 1.82) is 0 Å². The van der Waals surface area contributed by atoms with Crippen LogP contribution in [0.3, 0.4) is 0 Å². The van der Waals surface area contributed by atoms with Crippen molar-refractivity contribution >= 4 is 66.2 Å². The molecule has 0 spiro atoms. The molecule has 0 saturated carbocycles. The molecule has 4 rings (SSSR count).